The summed E-state index contributed by atoms with van der Waals surface area (Å²) in [6.07, 6.45) is 1.81. The minimum Gasteiger partial charge on any atom is -0.440 e. The van der Waals surface area contributed by atoms with Crippen molar-refractivity contribution in [3.8, 4) is 0 Å². The van der Waals surface area contributed by atoms with Gasteiger partial charge in [-0.05, 0) is 43.2 Å². The molecular formula is C19H17FN2O2. The van der Waals surface area contributed by atoms with Gasteiger partial charge in [0, 0.05) is 18.7 Å². The third-order valence-electron chi connectivity index (χ3n) is 4.44. The van der Waals surface area contributed by atoms with Gasteiger partial charge in [-0.1, -0.05) is 18.2 Å². The number of oxazole rings is 1. The molecule has 0 unspecified atom stereocenters. The van der Waals surface area contributed by atoms with E-state index in [0.29, 0.717) is 24.5 Å². The van der Waals surface area contributed by atoms with Gasteiger partial charge >= 0.3 is 0 Å². The summed E-state index contributed by atoms with van der Waals surface area (Å²) in [4.78, 5) is 18.9. The molecule has 24 heavy (non-hydrogen) atoms. The van der Waals surface area contributed by atoms with Crippen molar-refractivity contribution >= 4 is 17.0 Å². The van der Waals surface area contributed by atoms with E-state index in [2.05, 4.69) is 4.98 Å². The van der Waals surface area contributed by atoms with Crippen molar-refractivity contribution in [3.05, 3.63) is 65.8 Å². The van der Waals surface area contributed by atoms with Gasteiger partial charge in [-0.15, -0.1) is 0 Å². The van der Waals surface area contributed by atoms with Crippen LogP contribution in [-0.2, 0) is 0 Å². The van der Waals surface area contributed by atoms with Crippen LogP contribution in [0.3, 0.4) is 0 Å². The Morgan fingerprint density at radius 3 is 2.92 bits per heavy atom. The number of fused-ring (bicyclic) bond motifs is 1. The molecule has 0 aliphatic carbocycles. The third-order valence-corrected chi connectivity index (χ3v) is 4.44. The van der Waals surface area contributed by atoms with Crippen LogP contribution in [0.15, 0.2) is 52.9 Å². The number of benzene rings is 2. The molecular weight excluding hydrogens is 307 g/mol. The number of carbonyl (C=O) groups excluding carboxylic acids is 1. The van der Waals surface area contributed by atoms with Gasteiger partial charge in [0.25, 0.3) is 5.91 Å². The quantitative estimate of drug-likeness (QED) is 0.716. The number of likely N-dealkylation sites (tertiary alicyclic amines) is 1. The second-order valence-electron chi connectivity index (χ2n) is 6.12. The van der Waals surface area contributed by atoms with Gasteiger partial charge in [0.1, 0.15) is 11.3 Å². The predicted octanol–water partition coefficient (Wildman–Crippen LogP) is 3.99. The molecule has 2 heterocycles. The molecule has 122 valence electrons. The van der Waals surface area contributed by atoms with Crippen LogP contribution in [0.25, 0.3) is 11.1 Å². The van der Waals surface area contributed by atoms with Crippen molar-refractivity contribution in [2.75, 3.05) is 13.1 Å². The summed E-state index contributed by atoms with van der Waals surface area (Å²) < 4.78 is 19.2. The SMILES string of the molecule is O=C(c1cccc(F)c1)N1CCC[C@@H](c2nc3ccccc3o2)C1. The van der Waals surface area contributed by atoms with Crippen LogP contribution in [0.5, 0.6) is 0 Å². The second-order valence-corrected chi connectivity index (χ2v) is 6.12. The fourth-order valence-corrected chi connectivity index (χ4v) is 3.23. The minimum atomic E-state index is -0.395. The van der Waals surface area contributed by atoms with E-state index in [1.807, 2.05) is 24.3 Å². The fourth-order valence-electron chi connectivity index (χ4n) is 3.23. The number of aromatic nitrogens is 1. The summed E-state index contributed by atoms with van der Waals surface area (Å²) in [5, 5.41) is 0. The molecule has 1 aliphatic heterocycles. The average molecular weight is 324 g/mol. The molecule has 0 saturated carbocycles. The van der Waals surface area contributed by atoms with Crippen molar-refractivity contribution in [3.63, 3.8) is 0 Å². The molecule has 2 aromatic carbocycles. The number of para-hydroxylation sites is 2. The number of hydrogen-bond donors (Lipinski definition) is 0. The lowest BCUT2D eigenvalue weighted by Gasteiger charge is -2.31. The predicted molar refractivity (Wildman–Crippen MR) is 88.3 cm³/mol. The van der Waals surface area contributed by atoms with Crippen molar-refractivity contribution in [2.24, 2.45) is 0 Å². The Morgan fingerprint density at radius 2 is 2.08 bits per heavy atom. The Morgan fingerprint density at radius 1 is 1.21 bits per heavy atom. The van der Waals surface area contributed by atoms with E-state index in [0.717, 1.165) is 23.9 Å². The molecule has 3 aromatic rings. The highest BCUT2D eigenvalue weighted by atomic mass is 19.1. The molecule has 0 N–H and O–H groups in total. The molecule has 1 aliphatic rings. The van der Waals surface area contributed by atoms with Crippen LogP contribution < -0.4 is 0 Å². The molecule has 1 saturated heterocycles. The number of carbonyl (C=O) groups is 1. The van der Waals surface area contributed by atoms with Gasteiger partial charge in [0.2, 0.25) is 0 Å². The van der Waals surface area contributed by atoms with E-state index in [9.17, 15) is 9.18 Å². The van der Waals surface area contributed by atoms with Crippen LogP contribution in [0.2, 0.25) is 0 Å². The molecule has 1 fully saturated rings. The molecule has 1 atom stereocenters. The van der Waals surface area contributed by atoms with E-state index in [4.69, 9.17) is 4.42 Å². The highest BCUT2D eigenvalue weighted by molar-refractivity contribution is 5.94. The maximum atomic E-state index is 13.4. The number of piperidine rings is 1. The van der Waals surface area contributed by atoms with Crippen LogP contribution in [0.4, 0.5) is 4.39 Å². The summed E-state index contributed by atoms with van der Waals surface area (Å²) in [6.45, 7) is 1.22. The van der Waals surface area contributed by atoms with Crippen LogP contribution >= 0.6 is 0 Å². The van der Waals surface area contributed by atoms with Gasteiger partial charge < -0.3 is 9.32 Å². The first-order chi connectivity index (χ1) is 11.7. The standard InChI is InChI=1S/C19H17FN2O2/c20-15-7-3-5-13(11-15)19(23)22-10-4-6-14(12-22)18-21-16-8-1-2-9-17(16)24-18/h1-3,5,7-9,11,14H,4,6,10,12H2/t14-/m1/s1. The lowest BCUT2D eigenvalue weighted by Crippen LogP contribution is -2.39. The second kappa shape index (κ2) is 6.07. The van der Waals surface area contributed by atoms with Gasteiger partial charge in [-0.3, -0.25) is 4.79 Å². The highest BCUT2D eigenvalue weighted by Gasteiger charge is 2.28. The van der Waals surface area contributed by atoms with Crippen molar-refractivity contribution in [2.45, 2.75) is 18.8 Å². The lowest BCUT2D eigenvalue weighted by molar-refractivity contribution is 0.0698. The van der Waals surface area contributed by atoms with Crippen molar-refractivity contribution < 1.29 is 13.6 Å². The minimum absolute atomic E-state index is 0.0728. The number of hydrogen-bond acceptors (Lipinski definition) is 3. The van der Waals surface area contributed by atoms with Crippen molar-refractivity contribution in [1.29, 1.82) is 0 Å². The molecule has 0 radical (unpaired) electrons. The van der Waals surface area contributed by atoms with E-state index < -0.39 is 5.82 Å². The Hall–Kier alpha value is -2.69. The maximum Gasteiger partial charge on any atom is 0.253 e. The zero-order valence-electron chi connectivity index (χ0n) is 13.1. The van der Waals surface area contributed by atoms with E-state index >= 15 is 0 Å². The number of nitrogens with zero attached hydrogens (tertiary/aromatic N) is 2. The Balaban J connectivity index is 1.56. The largest absolute Gasteiger partial charge is 0.440 e. The molecule has 1 amide bonds. The van der Waals surface area contributed by atoms with Gasteiger partial charge in [0.05, 0.1) is 5.92 Å². The van der Waals surface area contributed by atoms with Gasteiger partial charge in [-0.25, -0.2) is 9.37 Å². The van der Waals surface area contributed by atoms with Crippen LogP contribution in [0.1, 0.15) is 35.0 Å². The first kappa shape index (κ1) is 14.9. The highest BCUT2D eigenvalue weighted by Crippen LogP contribution is 2.29. The summed E-state index contributed by atoms with van der Waals surface area (Å²) in [5.74, 6) is 0.209. The zero-order chi connectivity index (χ0) is 16.5. The molecule has 0 bridgehead atoms. The Bertz CT molecular complexity index is 857. The molecule has 4 rings (SSSR count). The number of amides is 1. The van der Waals surface area contributed by atoms with Crippen molar-refractivity contribution in [1.82, 2.24) is 9.88 Å². The first-order valence-electron chi connectivity index (χ1n) is 8.11. The third kappa shape index (κ3) is 2.77. The summed E-state index contributed by atoms with van der Waals surface area (Å²) in [7, 11) is 0. The smallest absolute Gasteiger partial charge is 0.253 e. The average Bonchev–Trinajstić information content (AvgIpc) is 3.05. The summed E-state index contributed by atoms with van der Waals surface area (Å²) in [6, 6.07) is 13.5. The topological polar surface area (TPSA) is 46.3 Å². The Labute approximate surface area is 138 Å². The number of halogens is 1. The fraction of sp³-hybridized carbons (Fsp3) is 0.263. The van der Waals surface area contributed by atoms with E-state index in [-0.39, 0.29) is 11.8 Å². The maximum absolute atomic E-state index is 13.4. The van der Waals surface area contributed by atoms with Gasteiger partial charge in [0.15, 0.2) is 11.5 Å². The first-order valence-corrected chi connectivity index (χ1v) is 8.11. The van der Waals surface area contributed by atoms with E-state index in [1.165, 1.54) is 12.1 Å². The van der Waals surface area contributed by atoms with Gasteiger partial charge in [-0.2, -0.15) is 0 Å². The molecule has 4 nitrogen and oxygen atoms in total. The molecule has 5 heteroatoms. The van der Waals surface area contributed by atoms with Crippen LogP contribution in [-0.4, -0.2) is 28.9 Å². The lowest BCUT2D eigenvalue weighted by atomic mass is 9.97. The monoisotopic (exact) mass is 324 g/mol. The summed E-state index contributed by atoms with van der Waals surface area (Å²) in [5.41, 5.74) is 1.98. The zero-order valence-corrected chi connectivity index (χ0v) is 13.1. The molecule has 0 spiro atoms. The van der Waals surface area contributed by atoms with E-state index in [1.54, 1.807) is 17.0 Å². The van der Waals surface area contributed by atoms with Crippen LogP contribution in [0, 0.1) is 5.82 Å². The summed E-state index contributed by atoms with van der Waals surface area (Å²) >= 11 is 0. The molecule has 1 aromatic heterocycles. The Kier molecular flexibility index (Phi) is 3.76. The normalized spacial score (nSPS) is 18.0. The number of rotatable bonds is 2.